The number of H-pyrrole nitrogens is 1. The molecule has 2 nitrogen and oxygen atoms in total. The molecule has 0 radical (unpaired) electrons. The zero-order valence-electron chi connectivity index (χ0n) is 9.58. The second kappa shape index (κ2) is 4.66. The summed E-state index contributed by atoms with van der Waals surface area (Å²) in [6.45, 7) is 0.731. The van der Waals surface area contributed by atoms with Crippen molar-refractivity contribution in [2.75, 3.05) is 11.5 Å². The molecule has 6 heteroatoms. The molecule has 2 heterocycles. The normalized spacial score (nSPS) is 19.8. The third kappa shape index (κ3) is 2.07. The van der Waals surface area contributed by atoms with Crippen LogP contribution in [-0.2, 0) is 6.54 Å². The van der Waals surface area contributed by atoms with Crippen LogP contribution in [0.4, 0.5) is 8.78 Å². The van der Waals surface area contributed by atoms with E-state index in [1.807, 2.05) is 16.3 Å². The lowest BCUT2D eigenvalue weighted by atomic mass is 10.1. The maximum absolute atomic E-state index is 13.6. The van der Waals surface area contributed by atoms with Crippen molar-refractivity contribution >= 4 is 35.0 Å². The molecule has 1 atom stereocenters. The summed E-state index contributed by atoms with van der Waals surface area (Å²) < 4.78 is 29.2. The number of aromatic amines is 1. The number of nitrogens with one attached hydrogen (secondary N) is 1. The monoisotopic (exact) mass is 286 g/mol. The lowest BCUT2D eigenvalue weighted by molar-refractivity contribution is 0.497. The molecule has 1 fully saturated rings. The summed E-state index contributed by atoms with van der Waals surface area (Å²) in [5.74, 6) is 1.63. The number of fused-ring (bicyclic) bond motifs is 1. The molecule has 0 amide bonds. The van der Waals surface area contributed by atoms with Gasteiger partial charge in [0, 0.05) is 12.6 Å². The summed E-state index contributed by atoms with van der Waals surface area (Å²) in [7, 11) is 0. The molecule has 0 spiro atoms. The number of hydrogen-bond acceptors (Lipinski definition) is 2. The van der Waals surface area contributed by atoms with Crippen molar-refractivity contribution in [3.05, 3.63) is 28.5 Å². The van der Waals surface area contributed by atoms with Gasteiger partial charge in [0.1, 0.15) is 11.3 Å². The first-order valence-corrected chi connectivity index (χ1v) is 7.37. The minimum Gasteiger partial charge on any atom is -0.328 e. The molecular formula is C12H12F2N2S2. The Labute approximate surface area is 112 Å². The average Bonchev–Trinajstić information content (AvgIpc) is 2.91. The molecule has 1 saturated heterocycles. The molecule has 0 saturated carbocycles. The van der Waals surface area contributed by atoms with Gasteiger partial charge < -0.3 is 9.55 Å². The van der Waals surface area contributed by atoms with Crippen molar-refractivity contribution in [1.82, 2.24) is 9.55 Å². The van der Waals surface area contributed by atoms with Crippen LogP contribution < -0.4 is 0 Å². The van der Waals surface area contributed by atoms with Crippen LogP contribution in [0, 0.1) is 22.3 Å². The molecule has 0 aliphatic carbocycles. The Kier molecular flexibility index (Phi) is 3.15. The van der Waals surface area contributed by atoms with Crippen LogP contribution in [0.3, 0.4) is 0 Å². The van der Waals surface area contributed by atoms with Crippen molar-refractivity contribution in [2.24, 2.45) is 5.92 Å². The van der Waals surface area contributed by atoms with Crippen LogP contribution in [0.15, 0.2) is 12.1 Å². The Hall–Kier alpha value is -0.880. The van der Waals surface area contributed by atoms with Crippen LogP contribution in [0.5, 0.6) is 0 Å². The first kappa shape index (κ1) is 12.2. The fraction of sp³-hybridized carbons (Fsp3) is 0.417. The number of imidazole rings is 1. The van der Waals surface area contributed by atoms with E-state index >= 15 is 0 Å². The van der Waals surface area contributed by atoms with Gasteiger partial charge in [0.25, 0.3) is 0 Å². The molecule has 3 rings (SSSR count). The van der Waals surface area contributed by atoms with Gasteiger partial charge in [-0.15, -0.1) is 0 Å². The highest BCUT2D eigenvalue weighted by molar-refractivity contribution is 7.99. The molecule has 18 heavy (non-hydrogen) atoms. The van der Waals surface area contributed by atoms with Crippen molar-refractivity contribution in [1.29, 1.82) is 0 Å². The topological polar surface area (TPSA) is 20.7 Å². The number of thioether (sulfide) groups is 1. The predicted octanol–water partition coefficient (Wildman–Crippen LogP) is 3.73. The first-order chi connectivity index (χ1) is 8.65. The van der Waals surface area contributed by atoms with E-state index in [0.29, 0.717) is 21.7 Å². The van der Waals surface area contributed by atoms with Gasteiger partial charge in [-0.25, -0.2) is 8.78 Å². The molecule has 1 aliphatic rings. The summed E-state index contributed by atoms with van der Waals surface area (Å²) >= 11 is 7.12. The third-order valence-electron chi connectivity index (χ3n) is 3.27. The number of aromatic nitrogens is 2. The van der Waals surface area contributed by atoms with E-state index in [2.05, 4.69) is 4.98 Å². The molecule has 1 aliphatic heterocycles. The highest BCUT2D eigenvalue weighted by Gasteiger charge is 2.18. The van der Waals surface area contributed by atoms with Crippen molar-refractivity contribution in [2.45, 2.75) is 13.0 Å². The van der Waals surface area contributed by atoms with E-state index in [1.165, 1.54) is 6.07 Å². The molecular weight excluding hydrogens is 274 g/mol. The third-order valence-corrected chi connectivity index (χ3v) is 4.82. The standard InChI is InChI=1S/C12H12F2N2S2/c13-8-3-9(14)11-10(4-8)16(12(17)15-11)5-7-1-2-18-6-7/h3-4,7H,1-2,5-6H2,(H,15,17). The summed E-state index contributed by atoms with van der Waals surface area (Å²) in [6.07, 6.45) is 1.14. The number of benzene rings is 1. The Morgan fingerprint density at radius 2 is 2.28 bits per heavy atom. The second-order valence-corrected chi connectivity index (χ2v) is 6.09. The fourth-order valence-corrected chi connectivity index (χ4v) is 3.89. The molecule has 96 valence electrons. The Balaban J connectivity index is 2.09. The average molecular weight is 286 g/mol. The Morgan fingerprint density at radius 1 is 1.44 bits per heavy atom. The number of hydrogen-bond donors (Lipinski definition) is 1. The van der Waals surface area contributed by atoms with Gasteiger partial charge in [0.2, 0.25) is 0 Å². The molecule has 0 bridgehead atoms. The van der Waals surface area contributed by atoms with Gasteiger partial charge >= 0.3 is 0 Å². The van der Waals surface area contributed by atoms with Gasteiger partial charge in [-0.05, 0) is 42.1 Å². The lowest BCUT2D eigenvalue weighted by Gasteiger charge is -2.10. The summed E-state index contributed by atoms with van der Waals surface area (Å²) in [5.41, 5.74) is 0.821. The van der Waals surface area contributed by atoms with Crippen LogP contribution in [0.2, 0.25) is 0 Å². The Morgan fingerprint density at radius 3 is 3.00 bits per heavy atom. The van der Waals surface area contributed by atoms with Crippen molar-refractivity contribution < 1.29 is 8.78 Å². The van der Waals surface area contributed by atoms with E-state index < -0.39 is 11.6 Å². The van der Waals surface area contributed by atoms with Gasteiger partial charge in [-0.3, -0.25) is 0 Å². The molecule has 2 aromatic rings. The quantitative estimate of drug-likeness (QED) is 0.849. The SMILES string of the molecule is Fc1cc(F)c2[nH]c(=S)n(CC3CCSC3)c2c1. The zero-order chi connectivity index (χ0) is 12.7. The van der Waals surface area contributed by atoms with Crippen molar-refractivity contribution in [3.8, 4) is 0 Å². The summed E-state index contributed by atoms with van der Waals surface area (Å²) in [5, 5.41) is 0. The van der Waals surface area contributed by atoms with Crippen LogP contribution in [0.1, 0.15) is 6.42 Å². The highest BCUT2D eigenvalue weighted by atomic mass is 32.2. The maximum Gasteiger partial charge on any atom is 0.178 e. The van der Waals surface area contributed by atoms with Crippen molar-refractivity contribution in [3.63, 3.8) is 0 Å². The number of nitrogens with zero attached hydrogens (tertiary/aromatic N) is 1. The van der Waals surface area contributed by atoms with Gasteiger partial charge in [-0.2, -0.15) is 11.8 Å². The smallest absolute Gasteiger partial charge is 0.178 e. The van der Waals surface area contributed by atoms with Gasteiger partial charge in [0.15, 0.2) is 10.6 Å². The summed E-state index contributed by atoms with van der Waals surface area (Å²) in [6, 6.07) is 2.22. The number of halogens is 2. The predicted molar refractivity (Wildman–Crippen MR) is 72.5 cm³/mol. The Bertz CT molecular complexity index is 641. The minimum absolute atomic E-state index is 0.298. The molecule has 1 unspecified atom stereocenters. The van der Waals surface area contributed by atoms with Gasteiger partial charge in [0.05, 0.1) is 5.52 Å². The molecule has 1 aromatic carbocycles. The molecule has 1 aromatic heterocycles. The molecule has 1 N–H and O–H groups in total. The number of rotatable bonds is 2. The van der Waals surface area contributed by atoms with Crippen LogP contribution >= 0.6 is 24.0 Å². The van der Waals surface area contributed by atoms with Crippen LogP contribution in [0.25, 0.3) is 11.0 Å². The highest BCUT2D eigenvalue weighted by Crippen LogP contribution is 2.27. The first-order valence-electron chi connectivity index (χ1n) is 5.80. The lowest BCUT2D eigenvalue weighted by Crippen LogP contribution is -2.10. The van der Waals surface area contributed by atoms with E-state index in [9.17, 15) is 8.78 Å². The van der Waals surface area contributed by atoms with E-state index in [4.69, 9.17) is 12.2 Å². The largest absolute Gasteiger partial charge is 0.328 e. The van der Waals surface area contributed by atoms with E-state index in [0.717, 1.165) is 30.5 Å². The maximum atomic E-state index is 13.6. The van der Waals surface area contributed by atoms with E-state index in [-0.39, 0.29) is 0 Å². The second-order valence-electron chi connectivity index (χ2n) is 4.55. The fourth-order valence-electron chi connectivity index (χ4n) is 2.35. The minimum atomic E-state index is -0.587. The summed E-state index contributed by atoms with van der Waals surface area (Å²) in [4.78, 5) is 2.83. The van der Waals surface area contributed by atoms with E-state index in [1.54, 1.807) is 0 Å². The van der Waals surface area contributed by atoms with Crippen LogP contribution in [-0.4, -0.2) is 21.1 Å². The zero-order valence-corrected chi connectivity index (χ0v) is 11.2. The van der Waals surface area contributed by atoms with Gasteiger partial charge in [-0.1, -0.05) is 0 Å².